The molecule has 1 heterocycles. The summed E-state index contributed by atoms with van der Waals surface area (Å²) in [7, 11) is 0. The lowest BCUT2D eigenvalue weighted by Gasteiger charge is -2.12. The van der Waals surface area contributed by atoms with E-state index in [2.05, 4.69) is 16.3 Å². The summed E-state index contributed by atoms with van der Waals surface area (Å²) in [4.78, 5) is 0. The van der Waals surface area contributed by atoms with E-state index in [9.17, 15) is 0 Å². The standard InChI is InChI=1S/C8H10N2/c1-2-4-8-7(3-1)5-6-9-10-8/h5-6H,1-4H2/q+1. The van der Waals surface area contributed by atoms with E-state index in [1.165, 1.54) is 30.5 Å². The average Bonchev–Trinajstić information content (AvgIpc) is 2.05. The van der Waals surface area contributed by atoms with E-state index < -0.39 is 0 Å². The van der Waals surface area contributed by atoms with Crippen LogP contribution in [0.3, 0.4) is 0 Å². The highest BCUT2D eigenvalue weighted by molar-refractivity contribution is 6.04. The van der Waals surface area contributed by atoms with Crippen LogP contribution in [0.1, 0.15) is 25.7 Å². The zero-order valence-electron chi connectivity index (χ0n) is 5.88. The normalized spacial score (nSPS) is 23.2. The van der Waals surface area contributed by atoms with Crippen molar-refractivity contribution in [3.8, 4) is 0 Å². The molecule has 1 fully saturated rings. The van der Waals surface area contributed by atoms with Gasteiger partial charge in [0.25, 0.3) is 6.21 Å². The fourth-order valence-corrected chi connectivity index (χ4v) is 1.43. The van der Waals surface area contributed by atoms with Crippen molar-refractivity contribution >= 4 is 11.9 Å². The first-order valence-corrected chi connectivity index (χ1v) is 3.76. The maximum Gasteiger partial charge on any atom is 0.278 e. The van der Waals surface area contributed by atoms with Crippen molar-refractivity contribution in [2.24, 2.45) is 5.10 Å². The van der Waals surface area contributed by atoms with Crippen molar-refractivity contribution in [1.82, 2.24) is 5.10 Å². The average molecular weight is 134 g/mol. The summed E-state index contributed by atoms with van der Waals surface area (Å²) in [6.07, 6.45) is 8.80. The summed E-state index contributed by atoms with van der Waals surface area (Å²) in [5.74, 6) is 0. The minimum absolute atomic E-state index is 1.13. The highest BCUT2D eigenvalue weighted by Gasteiger charge is 2.18. The van der Waals surface area contributed by atoms with E-state index in [0.29, 0.717) is 0 Å². The zero-order chi connectivity index (χ0) is 6.81. The molecule has 0 N–H and O–H groups in total. The molecule has 2 aliphatic rings. The molecular formula is C8H10N2+. The molecule has 0 spiro atoms. The molecule has 10 heavy (non-hydrogen) atoms. The van der Waals surface area contributed by atoms with Gasteiger partial charge >= 0.3 is 0 Å². The zero-order valence-corrected chi connectivity index (χ0v) is 5.88. The Hall–Kier alpha value is -0.920. The number of hydrogen-bond donors (Lipinski definition) is 0. The molecule has 1 aliphatic heterocycles. The van der Waals surface area contributed by atoms with Gasteiger partial charge < -0.3 is 0 Å². The van der Waals surface area contributed by atoms with Gasteiger partial charge in [-0.2, -0.15) is 0 Å². The van der Waals surface area contributed by atoms with Crippen molar-refractivity contribution in [2.45, 2.75) is 25.7 Å². The molecule has 0 aromatic carbocycles. The number of hydrogen-bond acceptors (Lipinski definition) is 2. The smallest absolute Gasteiger partial charge is 0.0488 e. The minimum atomic E-state index is 1.13. The van der Waals surface area contributed by atoms with E-state index in [1.54, 1.807) is 6.21 Å². The van der Waals surface area contributed by atoms with E-state index in [0.717, 1.165) is 6.42 Å². The molecule has 2 nitrogen and oxygen atoms in total. The molecule has 51 valence electrons. The van der Waals surface area contributed by atoms with Gasteiger partial charge in [0.1, 0.15) is 5.71 Å². The second kappa shape index (κ2) is 2.37. The molecule has 0 unspecified atom stereocenters. The first-order chi connectivity index (χ1) is 4.97. The Bertz CT molecular complexity index is 199. The molecule has 0 aromatic rings. The molecule has 1 radical (unpaired) electrons. The third-order valence-electron chi connectivity index (χ3n) is 2.00. The second-order valence-electron chi connectivity index (χ2n) is 2.71. The van der Waals surface area contributed by atoms with Crippen molar-refractivity contribution in [2.75, 3.05) is 0 Å². The van der Waals surface area contributed by atoms with Gasteiger partial charge in [0.2, 0.25) is 5.10 Å². The van der Waals surface area contributed by atoms with Gasteiger partial charge in [-0.05, 0) is 31.3 Å². The Morgan fingerprint density at radius 2 is 2.20 bits per heavy atom. The van der Waals surface area contributed by atoms with Gasteiger partial charge in [0.05, 0.1) is 5.10 Å². The fraction of sp³-hybridized carbons (Fsp3) is 0.500. The van der Waals surface area contributed by atoms with E-state index in [4.69, 9.17) is 0 Å². The lowest BCUT2D eigenvalue weighted by atomic mass is 9.92. The van der Waals surface area contributed by atoms with Gasteiger partial charge in [0, 0.05) is 6.08 Å². The highest BCUT2D eigenvalue weighted by atomic mass is 15.2. The van der Waals surface area contributed by atoms with Crippen molar-refractivity contribution in [1.29, 1.82) is 0 Å². The van der Waals surface area contributed by atoms with Gasteiger partial charge in [0.15, 0.2) is 0 Å². The Morgan fingerprint density at radius 3 is 3.10 bits per heavy atom. The molecular weight excluding hydrogens is 124 g/mol. The first-order valence-electron chi connectivity index (χ1n) is 3.76. The number of allylic oxidation sites excluding steroid dienone is 2. The van der Waals surface area contributed by atoms with E-state index in [-0.39, 0.29) is 0 Å². The van der Waals surface area contributed by atoms with Crippen LogP contribution in [0.25, 0.3) is 0 Å². The Kier molecular flexibility index (Phi) is 1.38. The van der Waals surface area contributed by atoms with Crippen molar-refractivity contribution < 1.29 is 0 Å². The lowest BCUT2D eigenvalue weighted by Crippen LogP contribution is -2.13. The SMILES string of the molecule is C1=[N+]N=C2CCCCC2=C1. The van der Waals surface area contributed by atoms with Crippen molar-refractivity contribution in [3.05, 3.63) is 11.6 Å². The Balaban J connectivity index is 2.29. The maximum absolute atomic E-state index is 4.07. The van der Waals surface area contributed by atoms with Gasteiger partial charge in [-0.15, -0.1) is 0 Å². The maximum atomic E-state index is 4.07. The molecule has 1 aliphatic carbocycles. The lowest BCUT2D eigenvalue weighted by molar-refractivity contribution is 0.727. The highest BCUT2D eigenvalue weighted by Crippen LogP contribution is 2.20. The Morgan fingerprint density at radius 1 is 1.30 bits per heavy atom. The fourth-order valence-electron chi connectivity index (χ4n) is 1.43. The summed E-state index contributed by atoms with van der Waals surface area (Å²) in [5.41, 5.74) is 2.62. The Labute approximate surface area is 60.4 Å². The minimum Gasteiger partial charge on any atom is -0.0488 e. The molecule has 0 saturated heterocycles. The van der Waals surface area contributed by atoms with Crippen LogP contribution in [0.15, 0.2) is 16.8 Å². The van der Waals surface area contributed by atoms with Crippen LogP contribution in [0.4, 0.5) is 0 Å². The predicted molar refractivity (Wildman–Crippen MR) is 42.2 cm³/mol. The first kappa shape index (κ1) is 5.83. The summed E-state index contributed by atoms with van der Waals surface area (Å²) in [5, 5.41) is 7.92. The van der Waals surface area contributed by atoms with Crippen LogP contribution < -0.4 is 5.10 Å². The summed E-state index contributed by atoms with van der Waals surface area (Å²) >= 11 is 0. The quantitative estimate of drug-likeness (QED) is 0.477. The number of rotatable bonds is 0. The van der Waals surface area contributed by atoms with Crippen LogP contribution in [-0.2, 0) is 0 Å². The third-order valence-corrected chi connectivity index (χ3v) is 2.00. The van der Waals surface area contributed by atoms with Crippen LogP contribution in [0.2, 0.25) is 0 Å². The molecule has 2 heteroatoms. The van der Waals surface area contributed by atoms with Gasteiger partial charge in [-0.25, -0.2) is 0 Å². The summed E-state index contributed by atoms with van der Waals surface area (Å²) < 4.78 is 0. The van der Waals surface area contributed by atoms with Crippen LogP contribution in [-0.4, -0.2) is 11.9 Å². The van der Waals surface area contributed by atoms with Gasteiger partial charge in [-0.1, -0.05) is 0 Å². The second-order valence-corrected chi connectivity index (χ2v) is 2.71. The van der Waals surface area contributed by atoms with Gasteiger partial charge in [-0.3, -0.25) is 0 Å². The third kappa shape index (κ3) is 0.897. The predicted octanol–water partition coefficient (Wildman–Crippen LogP) is 1.26. The van der Waals surface area contributed by atoms with Crippen LogP contribution >= 0.6 is 0 Å². The van der Waals surface area contributed by atoms with Crippen molar-refractivity contribution in [3.63, 3.8) is 0 Å². The van der Waals surface area contributed by atoms with Crippen LogP contribution in [0.5, 0.6) is 0 Å². The summed E-state index contributed by atoms with van der Waals surface area (Å²) in [6, 6.07) is 0. The molecule has 2 rings (SSSR count). The molecule has 0 bridgehead atoms. The molecule has 0 amide bonds. The molecule has 0 atom stereocenters. The monoisotopic (exact) mass is 134 g/mol. The molecule has 0 aromatic heterocycles. The van der Waals surface area contributed by atoms with Crippen LogP contribution in [0, 0.1) is 0 Å². The molecule has 1 saturated carbocycles. The number of nitrogens with zero attached hydrogens (tertiary/aromatic N) is 2. The largest absolute Gasteiger partial charge is 0.278 e. The van der Waals surface area contributed by atoms with E-state index >= 15 is 0 Å². The van der Waals surface area contributed by atoms with E-state index in [1.807, 2.05) is 0 Å². The topological polar surface area (TPSA) is 26.5 Å². The number of fused-ring (bicyclic) bond motifs is 1. The summed E-state index contributed by atoms with van der Waals surface area (Å²) in [6.45, 7) is 0.